The molecule has 0 saturated carbocycles. The maximum atomic E-state index is 5.67. The Kier molecular flexibility index (Phi) is 6.41. The summed E-state index contributed by atoms with van der Waals surface area (Å²) in [5.74, 6) is 0. The van der Waals surface area contributed by atoms with Crippen LogP contribution in [0.3, 0.4) is 0 Å². The van der Waals surface area contributed by atoms with Crippen LogP contribution in [0.1, 0.15) is 32.1 Å². The molecule has 0 aromatic carbocycles. The summed E-state index contributed by atoms with van der Waals surface area (Å²) in [6, 6.07) is 1.50. The normalized spacial score (nSPS) is 29.2. The van der Waals surface area contributed by atoms with E-state index in [0.717, 1.165) is 44.9 Å². The van der Waals surface area contributed by atoms with Gasteiger partial charge in [-0.05, 0) is 45.2 Å². The van der Waals surface area contributed by atoms with Crippen molar-refractivity contribution in [1.29, 1.82) is 0 Å². The molecule has 2 rings (SSSR count). The topological polar surface area (TPSA) is 33.7 Å². The smallest absolute Gasteiger partial charge is 0.0593 e. The molecule has 0 aromatic heterocycles. The highest BCUT2D eigenvalue weighted by Crippen LogP contribution is 2.24. The Bertz CT molecular complexity index is 220. The van der Waals surface area contributed by atoms with E-state index in [1.165, 1.54) is 38.8 Å². The lowest BCUT2D eigenvalue weighted by Crippen LogP contribution is -2.45. The van der Waals surface area contributed by atoms with Crippen LogP contribution in [0, 0.1) is 0 Å². The van der Waals surface area contributed by atoms with Gasteiger partial charge >= 0.3 is 0 Å². The summed E-state index contributed by atoms with van der Waals surface area (Å²) < 4.78 is 10.7. The van der Waals surface area contributed by atoms with Gasteiger partial charge in [-0.15, -0.1) is 0 Å². The molecule has 1 N–H and O–H groups in total. The largest absolute Gasteiger partial charge is 0.385 e. The molecule has 2 fully saturated rings. The minimum Gasteiger partial charge on any atom is -0.385 e. The van der Waals surface area contributed by atoms with Gasteiger partial charge in [0.25, 0.3) is 0 Å². The summed E-state index contributed by atoms with van der Waals surface area (Å²) in [6.07, 6.45) is 6.43. The van der Waals surface area contributed by atoms with Crippen LogP contribution < -0.4 is 5.32 Å². The molecule has 2 atom stereocenters. The molecule has 0 bridgehead atoms. The van der Waals surface area contributed by atoms with E-state index >= 15 is 0 Å². The zero-order chi connectivity index (χ0) is 12.6. The summed E-state index contributed by atoms with van der Waals surface area (Å²) >= 11 is 0. The Morgan fingerprint density at radius 1 is 1.17 bits per heavy atom. The molecule has 0 amide bonds. The molecule has 2 aliphatic heterocycles. The summed E-state index contributed by atoms with van der Waals surface area (Å²) in [6.45, 7) is 6.06. The van der Waals surface area contributed by atoms with Crippen molar-refractivity contribution in [3.8, 4) is 0 Å². The molecule has 2 heterocycles. The monoisotopic (exact) mass is 256 g/mol. The zero-order valence-electron chi connectivity index (χ0n) is 11.7. The number of hydrogen-bond donors (Lipinski definition) is 1. The Balaban J connectivity index is 1.59. The highest BCUT2D eigenvalue weighted by Gasteiger charge is 2.32. The third kappa shape index (κ3) is 4.19. The molecule has 0 radical (unpaired) electrons. The van der Waals surface area contributed by atoms with Crippen LogP contribution in [0.15, 0.2) is 0 Å². The van der Waals surface area contributed by atoms with Gasteiger partial charge in [-0.2, -0.15) is 0 Å². The van der Waals surface area contributed by atoms with E-state index in [0.29, 0.717) is 0 Å². The molecule has 0 aliphatic carbocycles. The van der Waals surface area contributed by atoms with Crippen LogP contribution in [0.4, 0.5) is 0 Å². The van der Waals surface area contributed by atoms with Gasteiger partial charge in [0, 0.05) is 39.0 Å². The van der Waals surface area contributed by atoms with Crippen molar-refractivity contribution < 1.29 is 9.47 Å². The summed E-state index contributed by atoms with van der Waals surface area (Å²) in [5, 5.41) is 3.65. The molecule has 0 aromatic rings. The summed E-state index contributed by atoms with van der Waals surface area (Å²) in [4.78, 5) is 2.62. The predicted octanol–water partition coefficient (Wildman–Crippen LogP) is 1.26. The highest BCUT2D eigenvalue weighted by atomic mass is 16.5. The lowest BCUT2D eigenvalue weighted by atomic mass is 10.0. The number of ether oxygens (including phenoxy) is 2. The van der Waals surface area contributed by atoms with Crippen molar-refractivity contribution in [2.75, 3.05) is 46.6 Å². The third-order valence-corrected chi connectivity index (χ3v) is 4.14. The van der Waals surface area contributed by atoms with E-state index in [9.17, 15) is 0 Å². The van der Waals surface area contributed by atoms with Gasteiger partial charge < -0.3 is 14.8 Å². The summed E-state index contributed by atoms with van der Waals surface area (Å²) in [5.41, 5.74) is 0. The average Bonchev–Trinajstić information content (AvgIpc) is 3.03. The first-order valence-corrected chi connectivity index (χ1v) is 7.46. The minimum atomic E-state index is 0.737. The van der Waals surface area contributed by atoms with Gasteiger partial charge in [0.15, 0.2) is 0 Å². The number of hydrogen-bond acceptors (Lipinski definition) is 4. The molecule has 2 saturated heterocycles. The number of nitrogens with one attached hydrogen (secondary N) is 1. The lowest BCUT2D eigenvalue weighted by molar-refractivity contribution is 0.0772. The fourth-order valence-electron chi connectivity index (χ4n) is 3.21. The number of nitrogens with zero attached hydrogens (tertiary/aromatic N) is 1. The van der Waals surface area contributed by atoms with E-state index in [1.54, 1.807) is 7.11 Å². The molecular formula is C14H28N2O2. The molecule has 4 heteroatoms. The Morgan fingerprint density at radius 2 is 2.11 bits per heavy atom. The van der Waals surface area contributed by atoms with Crippen LogP contribution in [-0.2, 0) is 9.47 Å². The second-order valence-corrected chi connectivity index (χ2v) is 5.41. The second-order valence-electron chi connectivity index (χ2n) is 5.41. The lowest BCUT2D eigenvalue weighted by Gasteiger charge is -2.29. The predicted molar refractivity (Wildman–Crippen MR) is 72.9 cm³/mol. The van der Waals surface area contributed by atoms with Crippen molar-refractivity contribution in [2.24, 2.45) is 0 Å². The standard InChI is InChI=1S/C14H28N2O2/c1-17-10-4-11-18-12-9-16-8-3-6-14(16)13-5-2-7-15-13/h13-15H,2-12H2,1H3. The molecule has 2 aliphatic rings. The van der Waals surface area contributed by atoms with Crippen LogP contribution in [0.2, 0.25) is 0 Å². The van der Waals surface area contributed by atoms with Crippen molar-refractivity contribution >= 4 is 0 Å². The number of methoxy groups -OCH3 is 1. The Labute approximate surface area is 111 Å². The van der Waals surface area contributed by atoms with Gasteiger partial charge in [-0.3, -0.25) is 4.90 Å². The van der Waals surface area contributed by atoms with Crippen molar-refractivity contribution in [1.82, 2.24) is 10.2 Å². The SMILES string of the molecule is COCCCOCCN1CCCC1C1CCCN1. The third-order valence-electron chi connectivity index (χ3n) is 4.14. The zero-order valence-corrected chi connectivity index (χ0v) is 11.7. The van der Waals surface area contributed by atoms with Crippen LogP contribution >= 0.6 is 0 Å². The number of likely N-dealkylation sites (tertiary alicyclic amines) is 1. The van der Waals surface area contributed by atoms with Gasteiger partial charge in [0.2, 0.25) is 0 Å². The maximum Gasteiger partial charge on any atom is 0.0593 e. The highest BCUT2D eigenvalue weighted by molar-refractivity contribution is 4.91. The molecule has 0 spiro atoms. The van der Waals surface area contributed by atoms with E-state index < -0.39 is 0 Å². The van der Waals surface area contributed by atoms with Crippen LogP contribution in [-0.4, -0.2) is 63.5 Å². The Hall–Kier alpha value is -0.160. The van der Waals surface area contributed by atoms with Crippen LogP contribution in [0.5, 0.6) is 0 Å². The van der Waals surface area contributed by atoms with E-state index in [-0.39, 0.29) is 0 Å². The molecule has 2 unspecified atom stereocenters. The first-order chi connectivity index (χ1) is 8.92. The van der Waals surface area contributed by atoms with Crippen molar-refractivity contribution in [2.45, 2.75) is 44.2 Å². The second kappa shape index (κ2) is 8.10. The molecule has 18 heavy (non-hydrogen) atoms. The summed E-state index contributed by atoms with van der Waals surface area (Å²) in [7, 11) is 1.74. The van der Waals surface area contributed by atoms with Gasteiger partial charge in [-0.25, -0.2) is 0 Å². The van der Waals surface area contributed by atoms with Crippen molar-refractivity contribution in [3.05, 3.63) is 0 Å². The first-order valence-electron chi connectivity index (χ1n) is 7.46. The van der Waals surface area contributed by atoms with Crippen molar-refractivity contribution in [3.63, 3.8) is 0 Å². The van der Waals surface area contributed by atoms with E-state index in [2.05, 4.69) is 10.2 Å². The molecular weight excluding hydrogens is 228 g/mol. The Morgan fingerprint density at radius 3 is 2.89 bits per heavy atom. The first kappa shape index (κ1) is 14.3. The average molecular weight is 256 g/mol. The van der Waals surface area contributed by atoms with Crippen LogP contribution in [0.25, 0.3) is 0 Å². The fourth-order valence-corrected chi connectivity index (χ4v) is 3.21. The quantitative estimate of drug-likeness (QED) is 0.663. The molecule has 106 valence electrons. The minimum absolute atomic E-state index is 0.737. The van der Waals surface area contributed by atoms with E-state index in [1.807, 2.05) is 0 Å². The molecule has 4 nitrogen and oxygen atoms in total. The fraction of sp³-hybridized carbons (Fsp3) is 1.00. The van der Waals surface area contributed by atoms with Gasteiger partial charge in [0.1, 0.15) is 0 Å². The maximum absolute atomic E-state index is 5.67. The van der Waals surface area contributed by atoms with Gasteiger partial charge in [0.05, 0.1) is 6.61 Å². The van der Waals surface area contributed by atoms with E-state index in [4.69, 9.17) is 9.47 Å². The van der Waals surface area contributed by atoms with Gasteiger partial charge in [-0.1, -0.05) is 0 Å². The number of rotatable bonds is 8.